The number of thiophene rings is 1. The van der Waals surface area contributed by atoms with Gasteiger partial charge in [-0.3, -0.25) is 0 Å². The molecule has 0 bridgehead atoms. The van der Waals surface area contributed by atoms with Crippen LogP contribution in [0, 0.1) is 0 Å². The molecule has 42 heavy (non-hydrogen) atoms. The van der Waals surface area contributed by atoms with Crippen molar-refractivity contribution in [1.29, 1.82) is 0 Å². The van der Waals surface area contributed by atoms with E-state index in [-0.39, 0.29) is 0 Å². The van der Waals surface area contributed by atoms with E-state index in [0.29, 0.717) is 11.4 Å². The van der Waals surface area contributed by atoms with Crippen LogP contribution >= 0.6 is 11.3 Å². The average molecular weight is 584 g/mol. The van der Waals surface area contributed by atoms with Gasteiger partial charge in [-0.25, -0.2) is 0 Å². The maximum Gasteiger partial charge on any atom is 0.416 e. The molecule has 0 fully saturated rings. The van der Waals surface area contributed by atoms with Crippen molar-refractivity contribution in [3.63, 3.8) is 0 Å². The van der Waals surface area contributed by atoms with Crippen molar-refractivity contribution >= 4 is 60.5 Å². The summed E-state index contributed by atoms with van der Waals surface area (Å²) in [4.78, 5) is 2.22. The van der Waals surface area contributed by atoms with Gasteiger partial charge in [0.05, 0.1) is 39.0 Å². The highest BCUT2D eigenvalue weighted by atomic mass is 32.1. The zero-order chi connectivity index (χ0) is 28.9. The highest BCUT2D eigenvalue weighted by Gasteiger charge is 2.29. The highest BCUT2D eigenvalue weighted by Crippen LogP contribution is 2.37. The largest absolute Gasteiger partial charge is 0.416 e. The summed E-state index contributed by atoms with van der Waals surface area (Å²) in [6.07, 6.45) is 0.940. The van der Waals surface area contributed by atoms with Crippen molar-refractivity contribution < 1.29 is 13.2 Å². The van der Waals surface area contributed by atoms with Crippen molar-refractivity contribution in [2.75, 3.05) is 22.3 Å². The van der Waals surface area contributed by atoms with Gasteiger partial charge in [-0.1, -0.05) is 41.7 Å². The average Bonchev–Trinajstić information content (AvgIpc) is 3.71. The number of hydrogen-bond acceptors (Lipinski definition) is 8. The predicted molar refractivity (Wildman–Crippen MR) is 163 cm³/mol. The lowest BCUT2D eigenvalue weighted by molar-refractivity contribution is -0.137. The van der Waals surface area contributed by atoms with Crippen LogP contribution in [0.1, 0.15) is 12.0 Å². The SMILES string of the molecule is FC(F)(F)c1ccc(N=Nc2ccc(NNc3ccc(N=Nc4ccc(N5C=CCC5)s4)c4ccccc34)cc2)cc1. The Morgan fingerprint density at radius 1 is 0.690 bits per heavy atom. The van der Waals surface area contributed by atoms with Gasteiger partial charge in [0.15, 0.2) is 0 Å². The molecule has 6 rings (SSSR count). The minimum Gasteiger partial charge on any atom is -0.340 e. The van der Waals surface area contributed by atoms with E-state index in [0.717, 1.165) is 62.9 Å². The Hall–Kier alpha value is -5.03. The first-order valence-corrected chi connectivity index (χ1v) is 13.9. The molecular weight excluding hydrogens is 559 g/mol. The molecule has 0 saturated carbocycles. The van der Waals surface area contributed by atoms with Gasteiger partial charge in [0.1, 0.15) is 5.00 Å². The summed E-state index contributed by atoms with van der Waals surface area (Å²) in [5.74, 6) is 0. The molecule has 0 aliphatic carbocycles. The monoisotopic (exact) mass is 583 g/mol. The van der Waals surface area contributed by atoms with Crippen LogP contribution < -0.4 is 15.8 Å². The van der Waals surface area contributed by atoms with E-state index in [4.69, 9.17) is 0 Å². The first-order chi connectivity index (χ1) is 20.4. The van der Waals surface area contributed by atoms with E-state index in [1.807, 2.05) is 54.6 Å². The van der Waals surface area contributed by atoms with Crippen LogP contribution in [0.3, 0.4) is 0 Å². The number of fused-ring (bicyclic) bond motifs is 1. The maximum absolute atomic E-state index is 12.7. The van der Waals surface area contributed by atoms with Crippen LogP contribution in [-0.2, 0) is 6.18 Å². The Labute approximate surface area is 243 Å². The normalized spacial score (nSPS) is 13.5. The third-order valence-corrected chi connectivity index (χ3v) is 7.53. The zero-order valence-electron chi connectivity index (χ0n) is 22.1. The number of rotatable bonds is 8. The number of azo groups is 2. The second-order valence-corrected chi connectivity index (χ2v) is 10.4. The molecule has 0 atom stereocenters. The summed E-state index contributed by atoms with van der Waals surface area (Å²) >= 11 is 1.61. The van der Waals surface area contributed by atoms with Gasteiger partial charge >= 0.3 is 6.18 Å². The summed E-state index contributed by atoms with van der Waals surface area (Å²) < 4.78 is 38.2. The number of nitrogens with one attached hydrogen (secondary N) is 2. The van der Waals surface area contributed by atoms with Crippen LogP contribution in [0.5, 0.6) is 0 Å². The standard InChI is InChI=1S/C31H24F3N7S/c32-31(33,34)21-7-9-22(10-8-21)35-36-23-11-13-24(14-12-23)37-38-27-15-16-28(26-6-2-1-5-25(26)27)39-40-29-17-18-30(42-29)41-19-3-4-20-41/h1-3,5-19,37-38H,4,20H2. The zero-order valence-corrected chi connectivity index (χ0v) is 22.9. The van der Waals surface area contributed by atoms with Gasteiger partial charge in [0.25, 0.3) is 0 Å². The number of hydrogen-bond donors (Lipinski definition) is 2. The molecule has 4 aromatic carbocycles. The quantitative estimate of drug-likeness (QED) is 0.141. The van der Waals surface area contributed by atoms with Crippen LogP contribution in [0.2, 0.25) is 0 Å². The molecule has 210 valence electrons. The van der Waals surface area contributed by atoms with Crippen molar-refractivity contribution in [2.24, 2.45) is 20.5 Å². The van der Waals surface area contributed by atoms with Gasteiger partial charge in [-0.2, -0.15) is 23.4 Å². The minimum absolute atomic E-state index is 0.335. The molecule has 2 heterocycles. The topological polar surface area (TPSA) is 76.7 Å². The fourth-order valence-electron chi connectivity index (χ4n) is 4.37. The van der Waals surface area contributed by atoms with Crippen molar-refractivity contribution in [2.45, 2.75) is 12.6 Å². The molecule has 1 aliphatic rings. The van der Waals surface area contributed by atoms with Crippen molar-refractivity contribution in [1.82, 2.24) is 0 Å². The molecule has 11 heteroatoms. The molecule has 7 nitrogen and oxygen atoms in total. The van der Waals surface area contributed by atoms with Gasteiger partial charge < -0.3 is 15.8 Å². The summed E-state index contributed by atoms with van der Waals surface area (Å²) in [7, 11) is 0. The van der Waals surface area contributed by atoms with Crippen LogP contribution in [0.15, 0.2) is 130 Å². The lowest BCUT2D eigenvalue weighted by Gasteiger charge is -2.13. The van der Waals surface area contributed by atoms with E-state index in [9.17, 15) is 13.2 Å². The summed E-state index contributed by atoms with van der Waals surface area (Å²) in [6.45, 7) is 0.991. The maximum atomic E-state index is 12.7. The third-order valence-electron chi connectivity index (χ3n) is 6.52. The Morgan fingerprint density at radius 2 is 1.40 bits per heavy atom. The lowest BCUT2D eigenvalue weighted by atomic mass is 10.1. The van der Waals surface area contributed by atoms with Crippen molar-refractivity contribution in [3.05, 3.63) is 115 Å². The molecule has 1 aliphatic heterocycles. The van der Waals surface area contributed by atoms with E-state index >= 15 is 0 Å². The van der Waals surface area contributed by atoms with Gasteiger partial charge in [-0.05, 0) is 79.2 Å². The number of hydrazine groups is 1. The van der Waals surface area contributed by atoms with Gasteiger partial charge in [-0.15, -0.1) is 10.2 Å². The van der Waals surface area contributed by atoms with Crippen LogP contribution in [0.4, 0.5) is 51.6 Å². The molecule has 0 unspecified atom stereocenters. The molecule has 0 spiro atoms. The smallest absolute Gasteiger partial charge is 0.340 e. The molecule has 1 aromatic heterocycles. The third kappa shape index (κ3) is 6.31. The number of alkyl halides is 3. The number of benzene rings is 4. The molecule has 5 aromatic rings. The first kappa shape index (κ1) is 27.2. The van der Waals surface area contributed by atoms with E-state index in [1.165, 1.54) is 12.1 Å². The Bertz CT molecular complexity index is 1780. The van der Waals surface area contributed by atoms with E-state index in [1.54, 1.807) is 23.5 Å². The van der Waals surface area contributed by atoms with E-state index in [2.05, 4.69) is 54.6 Å². The second-order valence-electron chi connectivity index (χ2n) is 9.40. The molecule has 2 N–H and O–H groups in total. The Kier molecular flexibility index (Phi) is 7.65. The number of anilines is 3. The molecular formula is C31H24F3N7S. The summed E-state index contributed by atoms with van der Waals surface area (Å²) in [6, 6.07) is 27.6. The van der Waals surface area contributed by atoms with Crippen LogP contribution in [-0.4, -0.2) is 6.54 Å². The fraction of sp³-hybridized carbons (Fsp3) is 0.0968. The first-order valence-electron chi connectivity index (χ1n) is 13.1. The van der Waals surface area contributed by atoms with E-state index < -0.39 is 11.7 Å². The molecule has 0 radical (unpaired) electrons. The van der Waals surface area contributed by atoms with Crippen LogP contribution in [0.25, 0.3) is 10.8 Å². The summed E-state index contributed by atoms with van der Waals surface area (Å²) in [5, 5.41) is 21.1. The Morgan fingerprint density at radius 3 is 2.10 bits per heavy atom. The lowest BCUT2D eigenvalue weighted by Crippen LogP contribution is -2.09. The van der Waals surface area contributed by atoms with Gasteiger partial charge in [0, 0.05) is 23.5 Å². The number of halogens is 3. The second kappa shape index (κ2) is 11.8. The minimum atomic E-state index is -4.38. The van der Waals surface area contributed by atoms with Crippen molar-refractivity contribution in [3.8, 4) is 0 Å². The molecule has 0 saturated heterocycles. The fourth-order valence-corrected chi connectivity index (χ4v) is 5.20. The Balaban J connectivity index is 1.11. The highest BCUT2D eigenvalue weighted by molar-refractivity contribution is 7.19. The van der Waals surface area contributed by atoms with Gasteiger partial charge in [0.2, 0.25) is 0 Å². The number of nitrogens with zero attached hydrogens (tertiary/aromatic N) is 5. The predicted octanol–water partition coefficient (Wildman–Crippen LogP) is 10.9. The summed E-state index contributed by atoms with van der Waals surface area (Å²) in [5.41, 5.74) is 9.06. The molecule has 0 amide bonds.